The van der Waals surface area contributed by atoms with E-state index in [0.717, 1.165) is 22.8 Å². The number of hydrogen-bond donors (Lipinski definition) is 0. The SMILES string of the molecule is Cc1nc(-c2ncn3c2Cc2c(C)nnn2-c2cc(F)ccc2-3)no1. The summed E-state index contributed by atoms with van der Waals surface area (Å²) < 4.78 is 22.5. The molecule has 124 valence electrons. The van der Waals surface area contributed by atoms with E-state index in [1.54, 1.807) is 24.0 Å². The molecule has 0 saturated heterocycles. The zero-order valence-electron chi connectivity index (χ0n) is 13.4. The molecule has 0 radical (unpaired) electrons. The molecule has 9 heteroatoms. The fraction of sp³-hybridized carbons (Fsp3) is 0.188. The van der Waals surface area contributed by atoms with Crippen molar-refractivity contribution >= 4 is 0 Å². The second kappa shape index (κ2) is 4.82. The molecular formula is C16H12FN7O. The van der Waals surface area contributed by atoms with Crippen LogP contribution in [0.15, 0.2) is 29.0 Å². The van der Waals surface area contributed by atoms with Gasteiger partial charge in [-0.25, -0.2) is 14.1 Å². The largest absolute Gasteiger partial charge is 0.339 e. The minimum atomic E-state index is -0.338. The molecule has 0 bridgehead atoms. The van der Waals surface area contributed by atoms with Gasteiger partial charge in [0.2, 0.25) is 11.7 Å². The first kappa shape index (κ1) is 14.0. The summed E-state index contributed by atoms with van der Waals surface area (Å²) in [6, 6.07) is 4.56. The molecule has 1 aliphatic heterocycles. The van der Waals surface area contributed by atoms with Gasteiger partial charge >= 0.3 is 0 Å². The molecule has 1 aliphatic rings. The first-order chi connectivity index (χ1) is 12.1. The van der Waals surface area contributed by atoms with E-state index in [1.807, 2.05) is 11.5 Å². The van der Waals surface area contributed by atoms with E-state index >= 15 is 0 Å². The predicted octanol–water partition coefficient (Wildman–Crippen LogP) is 2.16. The molecule has 1 aromatic carbocycles. The Balaban J connectivity index is 1.83. The van der Waals surface area contributed by atoms with Crippen LogP contribution < -0.4 is 0 Å². The lowest BCUT2D eigenvalue weighted by molar-refractivity contribution is 0.394. The molecule has 5 rings (SSSR count). The highest BCUT2D eigenvalue weighted by atomic mass is 19.1. The van der Waals surface area contributed by atoms with Crippen molar-refractivity contribution in [3.63, 3.8) is 0 Å². The van der Waals surface area contributed by atoms with Crippen molar-refractivity contribution in [1.82, 2.24) is 34.7 Å². The Bertz CT molecular complexity index is 1120. The summed E-state index contributed by atoms with van der Waals surface area (Å²) in [4.78, 5) is 8.74. The topological polar surface area (TPSA) is 87.5 Å². The molecule has 0 amide bonds. The van der Waals surface area contributed by atoms with E-state index in [2.05, 4.69) is 25.4 Å². The van der Waals surface area contributed by atoms with Crippen LogP contribution in [0.5, 0.6) is 0 Å². The zero-order valence-corrected chi connectivity index (χ0v) is 13.4. The monoisotopic (exact) mass is 337 g/mol. The minimum Gasteiger partial charge on any atom is -0.339 e. The maximum absolute atomic E-state index is 13.9. The lowest BCUT2D eigenvalue weighted by Crippen LogP contribution is -2.04. The number of imidazole rings is 1. The number of hydrogen-bond acceptors (Lipinski definition) is 6. The van der Waals surface area contributed by atoms with Crippen molar-refractivity contribution < 1.29 is 8.91 Å². The van der Waals surface area contributed by atoms with Gasteiger partial charge in [0, 0.05) is 19.4 Å². The van der Waals surface area contributed by atoms with Crippen molar-refractivity contribution in [2.75, 3.05) is 0 Å². The van der Waals surface area contributed by atoms with Gasteiger partial charge in [0.05, 0.1) is 28.5 Å². The van der Waals surface area contributed by atoms with Crippen LogP contribution in [-0.4, -0.2) is 34.7 Å². The van der Waals surface area contributed by atoms with Crippen LogP contribution in [0.2, 0.25) is 0 Å². The maximum atomic E-state index is 13.9. The van der Waals surface area contributed by atoms with Gasteiger partial charge in [-0.05, 0) is 19.1 Å². The summed E-state index contributed by atoms with van der Waals surface area (Å²) in [6.45, 7) is 3.61. The number of fused-ring (bicyclic) bond motifs is 5. The smallest absolute Gasteiger partial charge is 0.223 e. The van der Waals surface area contributed by atoms with Gasteiger partial charge in [0.25, 0.3) is 0 Å². The van der Waals surface area contributed by atoms with E-state index < -0.39 is 0 Å². The number of benzene rings is 1. The summed E-state index contributed by atoms with van der Waals surface area (Å²) in [7, 11) is 0. The van der Waals surface area contributed by atoms with Gasteiger partial charge in [0.1, 0.15) is 17.8 Å². The number of aryl methyl sites for hydroxylation is 2. The molecule has 0 atom stereocenters. The number of halogens is 1. The number of nitrogens with zero attached hydrogens (tertiary/aromatic N) is 7. The lowest BCUT2D eigenvalue weighted by atomic mass is 10.1. The molecule has 4 aromatic rings. The van der Waals surface area contributed by atoms with E-state index in [1.165, 1.54) is 12.1 Å². The third kappa shape index (κ3) is 1.95. The van der Waals surface area contributed by atoms with Crippen molar-refractivity contribution in [3.8, 4) is 22.9 Å². The Hall–Kier alpha value is -3.36. The lowest BCUT2D eigenvalue weighted by Gasteiger charge is -2.09. The maximum Gasteiger partial charge on any atom is 0.223 e. The molecule has 0 saturated carbocycles. The van der Waals surface area contributed by atoms with Crippen LogP contribution in [0.1, 0.15) is 23.0 Å². The Kier molecular flexibility index (Phi) is 2.70. The van der Waals surface area contributed by atoms with Crippen LogP contribution in [0.25, 0.3) is 22.9 Å². The van der Waals surface area contributed by atoms with E-state index in [-0.39, 0.29) is 5.82 Å². The number of rotatable bonds is 1. The molecule has 0 fully saturated rings. The average molecular weight is 337 g/mol. The molecular weight excluding hydrogens is 325 g/mol. The molecule has 3 aromatic heterocycles. The highest BCUT2D eigenvalue weighted by Crippen LogP contribution is 2.32. The minimum absolute atomic E-state index is 0.338. The summed E-state index contributed by atoms with van der Waals surface area (Å²) in [5, 5.41) is 12.3. The molecule has 4 heterocycles. The summed E-state index contributed by atoms with van der Waals surface area (Å²) >= 11 is 0. The van der Waals surface area contributed by atoms with E-state index in [4.69, 9.17) is 4.52 Å². The molecule has 8 nitrogen and oxygen atoms in total. The van der Waals surface area contributed by atoms with Gasteiger partial charge in [0.15, 0.2) is 0 Å². The van der Waals surface area contributed by atoms with Crippen LogP contribution in [0.3, 0.4) is 0 Å². The first-order valence-electron chi connectivity index (χ1n) is 7.70. The second-order valence-electron chi connectivity index (χ2n) is 5.89. The fourth-order valence-corrected chi connectivity index (χ4v) is 3.13. The molecule has 25 heavy (non-hydrogen) atoms. The van der Waals surface area contributed by atoms with Gasteiger partial charge < -0.3 is 4.52 Å². The van der Waals surface area contributed by atoms with Crippen molar-refractivity contribution in [1.29, 1.82) is 0 Å². The summed E-state index contributed by atoms with van der Waals surface area (Å²) in [6.07, 6.45) is 2.19. The zero-order chi connectivity index (χ0) is 17.1. The molecule has 0 N–H and O–H groups in total. The van der Waals surface area contributed by atoms with Crippen molar-refractivity contribution in [2.24, 2.45) is 0 Å². The van der Waals surface area contributed by atoms with Gasteiger partial charge in [-0.15, -0.1) is 5.10 Å². The second-order valence-corrected chi connectivity index (χ2v) is 5.89. The average Bonchev–Trinajstić information content (AvgIpc) is 3.26. The summed E-state index contributed by atoms with van der Waals surface area (Å²) in [5.74, 6) is 0.555. The first-order valence-corrected chi connectivity index (χ1v) is 7.70. The summed E-state index contributed by atoms with van der Waals surface area (Å²) in [5.41, 5.74) is 4.52. The van der Waals surface area contributed by atoms with E-state index in [9.17, 15) is 4.39 Å². The van der Waals surface area contributed by atoms with E-state index in [0.29, 0.717) is 29.5 Å². The predicted molar refractivity (Wildman–Crippen MR) is 84.0 cm³/mol. The highest BCUT2D eigenvalue weighted by molar-refractivity contribution is 5.62. The van der Waals surface area contributed by atoms with Crippen molar-refractivity contribution in [3.05, 3.63) is 53.3 Å². The van der Waals surface area contributed by atoms with Crippen LogP contribution in [0, 0.1) is 19.7 Å². The molecule has 0 aliphatic carbocycles. The Morgan fingerprint density at radius 2 is 2.04 bits per heavy atom. The van der Waals surface area contributed by atoms with Crippen LogP contribution in [-0.2, 0) is 6.42 Å². The third-order valence-corrected chi connectivity index (χ3v) is 4.32. The van der Waals surface area contributed by atoms with Crippen LogP contribution >= 0.6 is 0 Å². The molecule has 0 spiro atoms. The normalized spacial score (nSPS) is 12.4. The fourth-order valence-electron chi connectivity index (χ4n) is 3.13. The van der Waals surface area contributed by atoms with Crippen LogP contribution in [0.4, 0.5) is 4.39 Å². The van der Waals surface area contributed by atoms with Crippen molar-refractivity contribution in [2.45, 2.75) is 20.3 Å². The Morgan fingerprint density at radius 3 is 2.84 bits per heavy atom. The van der Waals surface area contributed by atoms with Gasteiger partial charge in [-0.3, -0.25) is 4.57 Å². The Morgan fingerprint density at radius 1 is 1.16 bits per heavy atom. The van der Waals surface area contributed by atoms with Gasteiger partial charge in [-0.2, -0.15) is 4.98 Å². The third-order valence-electron chi connectivity index (χ3n) is 4.32. The standard InChI is InChI=1S/C16H12FN7O/c1-8-12-6-14-15(16-19-9(2)25-21-16)18-7-23(14)11-4-3-10(17)5-13(11)24(12)22-20-8/h3-5,7H,6H2,1-2H3. The quantitative estimate of drug-likeness (QED) is 0.466. The number of aromatic nitrogens is 7. The van der Waals surface area contributed by atoms with Gasteiger partial charge in [-0.1, -0.05) is 10.4 Å². The highest BCUT2D eigenvalue weighted by Gasteiger charge is 2.27. The molecule has 0 unspecified atom stereocenters. The Labute approximate surface area is 140 Å².